The van der Waals surface area contributed by atoms with Gasteiger partial charge in [0.05, 0.1) is 0 Å². The van der Waals surface area contributed by atoms with Gasteiger partial charge in [-0.1, -0.05) is 231 Å². The smallest absolute Gasteiger partial charge is 0.134 e. The molecule has 0 saturated carbocycles. The SMILES string of the molecule is CCCCCCCCCCCCCCCCCCNC(=S)C(=S)NCCCCCCCCCCCCCCCCCC. The summed E-state index contributed by atoms with van der Waals surface area (Å²) < 4.78 is 0. The predicted octanol–water partition coefficient (Wildman–Crippen LogP) is 13.3. The van der Waals surface area contributed by atoms with Crippen molar-refractivity contribution in [1.82, 2.24) is 10.6 Å². The molecule has 0 aliphatic heterocycles. The molecule has 0 rings (SSSR count). The Morgan fingerprint density at radius 2 is 0.452 bits per heavy atom. The molecular weight excluding hydrogens is 549 g/mol. The molecule has 42 heavy (non-hydrogen) atoms. The summed E-state index contributed by atoms with van der Waals surface area (Å²) in [4.78, 5) is 1.48. The van der Waals surface area contributed by atoms with E-state index in [1.807, 2.05) is 0 Å². The maximum Gasteiger partial charge on any atom is 0.134 e. The first kappa shape index (κ1) is 41.8. The van der Waals surface area contributed by atoms with Gasteiger partial charge in [0, 0.05) is 13.1 Å². The van der Waals surface area contributed by atoms with Gasteiger partial charge in [-0.2, -0.15) is 0 Å². The van der Waals surface area contributed by atoms with Gasteiger partial charge in [0.1, 0.15) is 9.98 Å². The second kappa shape index (κ2) is 37.0. The van der Waals surface area contributed by atoms with Crippen LogP contribution in [-0.4, -0.2) is 23.1 Å². The van der Waals surface area contributed by atoms with Gasteiger partial charge in [0.25, 0.3) is 0 Å². The van der Waals surface area contributed by atoms with Crippen LogP contribution in [0.4, 0.5) is 0 Å². The molecule has 0 aliphatic carbocycles. The van der Waals surface area contributed by atoms with Gasteiger partial charge in [-0.3, -0.25) is 0 Å². The molecule has 0 radical (unpaired) electrons. The maximum absolute atomic E-state index is 5.49. The molecular formula is C38H76N2S2. The van der Waals surface area contributed by atoms with Crippen LogP contribution in [0.15, 0.2) is 0 Å². The highest BCUT2D eigenvalue weighted by Crippen LogP contribution is 2.15. The minimum atomic E-state index is 0.738. The van der Waals surface area contributed by atoms with Gasteiger partial charge in [0.15, 0.2) is 0 Å². The Morgan fingerprint density at radius 3 is 0.643 bits per heavy atom. The summed E-state index contributed by atoms with van der Waals surface area (Å²) in [6, 6.07) is 0. The molecule has 250 valence electrons. The molecule has 0 aromatic carbocycles. The first-order chi connectivity index (χ1) is 20.7. The standard InChI is InChI=1S/C38H76N2S2/c1-3-5-7-9-11-13-15-17-19-21-23-25-27-29-31-33-35-39-37(41)38(42)40-36-34-32-30-28-26-24-22-20-18-16-14-12-10-8-6-4-2/h3-36H2,1-2H3,(H,39,41)(H,40,42). The van der Waals surface area contributed by atoms with E-state index in [0.29, 0.717) is 0 Å². The van der Waals surface area contributed by atoms with Crippen LogP contribution < -0.4 is 10.6 Å². The lowest BCUT2D eigenvalue weighted by Gasteiger charge is -2.11. The molecule has 2 N–H and O–H groups in total. The molecule has 0 saturated heterocycles. The Hall–Kier alpha value is -0.220. The van der Waals surface area contributed by atoms with E-state index >= 15 is 0 Å². The summed E-state index contributed by atoms with van der Waals surface area (Å²) in [7, 11) is 0. The van der Waals surface area contributed by atoms with Gasteiger partial charge < -0.3 is 10.6 Å². The van der Waals surface area contributed by atoms with Gasteiger partial charge in [-0.05, 0) is 12.8 Å². The third-order valence-corrected chi connectivity index (χ3v) is 9.66. The van der Waals surface area contributed by atoms with E-state index in [1.165, 1.54) is 205 Å². The summed E-state index contributed by atoms with van der Waals surface area (Å²) in [6.45, 7) is 6.51. The molecule has 4 heteroatoms. The molecule has 0 spiro atoms. The molecule has 0 fully saturated rings. The number of nitrogens with one attached hydrogen (secondary N) is 2. The lowest BCUT2D eigenvalue weighted by molar-refractivity contribution is 0.529. The zero-order chi connectivity index (χ0) is 30.6. The highest BCUT2D eigenvalue weighted by Gasteiger charge is 2.03. The van der Waals surface area contributed by atoms with Crippen LogP contribution in [-0.2, 0) is 0 Å². The van der Waals surface area contributed by atoms with Crippen LogP contribution >= 0.6 is 24.4 Å². The molecule has 0 amide bonds. The fourth-order valence-corrected chi connectivity index (χ4v) is 6.26. The predicted molar refractivity (Wildman–Crippen MR) is 200 cm³/mol. The average Bonchev–Trinajstić information content (AvgIpc) is 3.00. The zero-order valence-corrected chi connectivity index (χ0v) is 30.5. The molecule has 0 unspecified atom stereocenters. The Labute approximate surface area is 276 Å². The van der Waals surface area contributed by atoms with E-state index in [9.17, 15) is 0 Å². The van der Waals surface area contributed by atoms with E-state index < -0.39 is 0 Å². The largest absolute Gasteiger partial charge is 0.374 e. The Balaban J connectivity index is 3.27. The quantitative estimate of drug-likeness (QED) is 0.0549. The third-order valence-electron chi connectivity index (χ3n) is 8.84. The zero-order valence-electron chi connectivity index (χ0n) is 28.9. The van der Waals surface area contributed by atoms with Crippen molar-refractivity contribution >= 4 is 34.4 Å². The summed E-state index contributed by atoms with van der Waals surface area (Å²) in [5.41, 5.74) is 0. The van der Waals surface area contributed by atoms with Crippen LogP contribution in [0.1, 0.15) is 219 Å². The fraction of sp³-hybridized carbons (Fsp3) is 0.947. The number of hydrogen-bond acceptors (Lipinski definition) is 2. The molecule has 0 aromatic heterocycles. The summed E-state index contributed by atoms with van der Waals surface area (Å²) in [5.74, 6) is 0. The molecule has 0 heterocycles. The second-order valence-corrected chi connectivity index (χ2v) is 13.9. The minimum absolute atomic E-state index is 0.738. The fourth-order valence-electron chi connectivity index (χ4n) is 5.91. The topological polar surface area (TPSA) is 24.1 Å². The second-order valence-electron chi connectivity index (χ2n) is 13.1. The van der Waals surface area contributed by atoms with Crippen LogP contribution in [0.2, 0.25) is 0 Å². The highest BCUT2D eigenvalue weighted by molar-refractivity contribution is 7.89. The highest BCUT2D eigenvalue weighted by atomic mass is 32.1. The number of rotatable bonds is 34. The first-order valence-electron chi connectivity index (χ1n) is 19.3. The summed E-state index contributed by atoms with van der Waals surface area (Å²) in [6.07, 6.45) is 45.0. The first-order valence-corrected chi connectivity index (χ1v) is 20.1. The average molecular weight is 625 g/mol. The Bertz CT molecular complexity index is 503. The van der Waals surface area contributed by atoms with Crippen molar-refractivity contribution in [2.45, 2.75) is 219 Å². The van der Waals surface area contributed by atoms with Crippen molar-refractivity contribution < 1.29 is 0 Å². The Kier molecular flexibility index (Phi) is 36.8. The van der Waals surface area contributed by atoms with E-state index in [-0.39, 0.29) is 0 Å². The van der Waals surface area contributed by atoms with E-state index in [0.717, 1.165) is 23.1 Å². The molecule has 0 bridgehead atoms. The van der Waals surface area contributed by atoms with Crippen LogP contribution in [0.5, 0.6) is 0 Å². The van der Waals surface area contributed by atoms with Gasteiger partial charge in [0.2, 0.25) is 0 Å². The molecule has 2 nitrogen and oxygen atoms in total. The van der Waals surface area contributed by atoms with Crippen molar-refractivity contribution in [3.63, 3.8) is 0 Å². The normalized spacial score (nSPS) is 11.2. The van der Waals surface area contributed by atoms with Crippen molar-refractivity contribution in [1.29, 1.82) is 0 Å². The molecule has 0 atom stereocenters. The number of unbranched alkanes of at least 4 members (excludes halogenated alkanes) is 30. The monoisotopic (exact) mass is 625 g/mol. The van der Waals surface area contributed by atoms with Gasteiger partial charge in [-0.15, -0.1) is 0 Å². The number of hydrogen-bond donors (Lipinski definition) is 2. The van der Waals surface area contributed by atoms with E-state index in [1.54, 1.807) is 0 Å². The van der Waals surface area contributed by atoms with E-state index in [2.05, 4.69) is 24.5 Å². The van der Waals surface area contributed by atoms with Crippen molar-refractivity contribution in [3.8, 4) is 0 Å². The lowest BCUT2D eigenvalue weighted by Crippen LogP contribution is -2.38. The molecule has 0 aromatic rings. The minimum Gasteiger partial charge on any atom is -0.374 e. The van der Waals surface area contributed by atoms with Crippen molar-refractivity contribution in [2.24, 2.45) is 0 Å². The van der Waals surface area contributed by atoms with Crippen LogP contribution in [0.3, 0.4) is 0 Å². The number of thiocarbonyl (C=S) groups is 2. The molecule has 0 aliphatic rings. The lowest BCUT2D eigenvalue weighted by atomic mass is 10.0. The van der Waals surface area contributed by atoms with Gasteiger partial charge in [-0.25, -0.2) is 0 Å². The van der Waals surface area contributed by atoms with Crippen LogP contribution in [0, 0.1) is 0 Å². The summed E-state index contributed by atoms with van der Waals surface area (Å²) in [5, 5.41) is 6.73. The van der Waals surface area contributed by atoms with Crippen molar-refractivity contribution in [3.05, 3.63) is 0 Å². The third kappa shape index (κ3) is 34.3. The van der Waals surface area contributed by atoms with Gasteiger partial charge >= 0.3 is 0 Å². The van der Waals surface area contributed by atoms with Crippen molar-refractivity contribution in [2.75, 3.05) is 13.1 Å². The Morgan fingerprint density at radius 1 is 0.286 bits per heavy atom. The maximum atomic E-state index is 5.49. The summed E-state index contributed by atoms with van der Waals surface area (Å²) >= 11 is 11.0. The van der Waals surface area contributed by atoms with E-state index in [4.69, 9.17) is 24.4 Å². The van der Waals surface area contributed by atoms with Crippen LogP contribution in [0.25, 0.3) is 0 Å².